The van der Waals surface area contributed by atoms with Gasteiger partial charge in [0.2, 0.25) is 5.96 Å². The van der Waals surface area contributed by atoms with Crippen LogP contribution in [0.5, 0.6) is 0 Å². The summed E-state index contributed by atoms with van der Waals surface area (Å²) in [5, 5.41) is 2.82. The minimum atomic E-state index is -0.169. The van der Waals surface area contributed by atoms with Crippen LogP contribution in [-0.2, 0) is 0 Å². The molecule has 1 aromatic rings. The zero-order chi connectivity index (χ0) is 15.1. The molecule has 0 fully saturated rings. The van der Waals surface area contributed by atoms with E-state index in [0.29, 0.717) is 23.7 Å². The summed E-state index contributed by atoms with van der Waals surface area (Å²) in [4.78, 5) is 19.5. The van der Waals surface area contributed by atoms with E-state index in [0.717, 1.165) is 0 Å². The van der Waals surface area contributed by atoms with E-state index in [4.69, 9.17) is 17.2 Å². The van der Waals surface area contributed by atoms with E-state index in [9.17, 15) is 4.79 Å². The number of carbonyl (C=O) groups excluding carboxylic acids is 1. The van der Waals surface area contributed by atoms with Crippen LogP contribution in [0.4, 0.5) is 5.69 Å². The molecule has 0 saturated heterocycles. The third-order valence-electron chi connectivity index (χ3n) is 2.27. The number of nitrogens with one attached hydrogen (secondary N) is 1. The minimum absolute atomic E-state index is 0.0651. The van der Waals surface area contributed by atoms with Crippen LogP contribution in [0.3, 0.4) is 0 Å². The van der Waals surface area contributed by atoms with Gasteiger partial charge in [-0.2, -0.15) is 4.99 Å². The third-order valence-corrected chi connectivity index (χ3v) is 2.27. The first-order valence-corrected chi connectivity index (χ1v) is 6.20. The highest BCUT2D eigenvalue weighted by atomic mass is 16.1. The molecule has 108 valence electrons. The van der Waals surface area contributed by atoms with Crippen LogP contribution in [0.1, 0.15) is 24.2 Å². The lowest BCUT2D eigenvalue weighted by Crippen LogP contribution is -2.27. The molecule has 0 aliphatic rings. The molecule has 0 atom stereocenters. The second-order valence-electron chi connectivity index (χ2n) is 4.66. The van der Waals surface area contributed by atoms with Crippen LogP contribution < -0.4 is 22.5 Å². The van der Waals surface area contributed by atoms with E-state index in [2.05, 4.69) is 15.3 Å². The Bertz CT molecular complexity index is 531. The van der Waals surface area contributed by atoms with Crippen LogP contribution >= 0.6 is 0 Å². The van der Waals surface area contributed by atoms with Crippen molar-refractivity contribution in [2.75, 3.05) is 6.54 Å². The standard InChI is InChI=1S/C13H20N6O/c1-8(2)7-17-11(20)9-4-3-5-10(6-9)18-13(16)19-12(14)15/h3-6,8H,7H2,1-2H3,(H,17,20)(H6,14,15,16,18,19). The molecule has 7 nitrogen and oxygen atoms in total. The number of guanidine groups is 2. The fourth-order valence-corrected chi connectivity index (χ4v) is 1.41. The van der Waals surface area contributed by atoms with Gasteiger partial charge < -0.3 is 22.5 Å². The van der Waals surface area contributed by atoms with Gasteiger partial charge in [0.05, 0.1) is 5.69 Å². The fourth-order valence-electron chi connectivity index (χ4n) is 1.41. The molecule has 1 aromatic carbocycles. The van der Waals surface area contributed by atoms with Gasteiger partial charge in [-0.25, -0.2) is 4.99 Å². The summed E-state index contributed by atoms with van der Waals surface area (Å²) in [6, 6.07) is 6.73. The highest BCUT2D eigenvalue weighted by Gasteiger charge is 2.06. The zero-order valence-electron chi connectivity index (χ0n) is 11.6. The number of amides is 1. The number of aliphatic imine (C=N–C) groups is 2. The number of hydrogen-bond acceptors (Lipinski definition) is 2. The van der Waals surface area contributed by atoms with Gasteiger partial charge in [0.1, 0.15) is 0 Å². The SMILES string of the molecule is CC(C)CNC(=O)c1cccc(N=C(N)N=C(N)N)c1. The molecule has 0 saturated carbocycles. The maximum atomic E-state index is 11.9. The quantitative estimate of drug-likeness (QED) is 0.465. The van der Waals surface area contributed by atoms with Gasteiger partial charge in [-0.1, -0.05) is 19.9 Å². The molecule has 0 aliphatic heterocycles. The Morgan fingerprint density at radius 3 is 2.60 bits per heavy atom. The van der Waals surface area contributed by atoms with Crippen molar-refractivity contribution in [2.45, 2.75) is 13.8 Å². The van der Waals surface area contributed by atoms with Crippen LogP contribution in [0.25, 0.3) is 0 Å². The predicted molar refractivity (Wildman–Crippen MR) is 80.7 cm³/mol. The molecule has 7 N–H and O–H groups in total. The monoisotopic (exact) mass is 276 g/mol. The van der Waals surface area contributed by atoms with E-state index in [1.54, 1.807) is 24.3 Å². The molecule has 0 aliphatic carbocycles. The molecule has 1 rings (SSSR count). The number of carbonyl (C=O) groups is 1. The molecule has 0 aromatic heterocycles. The first kappa shape index (κ1) is 15.5. The van der Waals surface area contributed by atoms with Gasteiger partial charge in [-0.05, 0) is 24.1 Å². The Balaban J connectivity index is 2.85. The summed E-state index contributed by atoms with van der Waals surface area (Å²) in [6.07, 6.45) is 0. The summed E-state index contributed by atoms with van der Waals surface area (Å²) >= 11 is 0. The lowest BCUT2D eigenvalue weighted by molar-refractivity contribution is 0.0949. The molecule has 0 radical (unpaired) electrons. The Hall–Kier alpha value is -2.57. The Labute approximate surface area is 118 Å². The Morgan fingerprint density at radius 1 is 1.30 bits per heavy atom. The molecular weight excluding hydrogens is 256 g/mol. The molecule has 7 heteroatoms. The van der Waals surface area contributed by atoms with Crippen molar-refractivity contribution >= 4 is 23.5 Å². The summed E-state index contributed by atoms with van der Waals surface area (Å²) in [6.45, 7) is 4.66. The van der Waals surface area contributed by atoms with Crippen molar-refractivity contribution in [3.05, 3.63) is 29.8 Å². The first-order chi connectivity index (χ1) is 9.38. The van der Waals surface area contributed by atoms with Crippen molar-refractivity contribution in [3.8, 4) is 0 Å². The van der Waals surface area contributed by atoms with Crippen LogP contribution in [0, 0.1) is 5.92 Å². The molecular formula is C13H20N6O. The lowest BCUT2D eigenvalue weighted by atomic mass is 10.1. The van der Waals surface area contributed by atoms with E-state index in [-0.39, 0.29) is 17.8 Å². The molecule has 0 spiro atoms. The third kappa shape index (κ3) is 5.38. The average molecular weight is 276 g/mol. The van der Waals surface area contributed by atoms with E-state index in [1.807, 2.05) is 13.8 Å². The van der Waals surface area contributed by atoms with Gasteiger partial charge >= 0.3 is 0 Å². The number of benzene rings is 1. The van der Waals surface area contributed by atoms with Crippen molar-refractivity contribution < 1.29 is 4.79 Å². The van der Waals surface area contributed by atoms with Crippen LogP contribution in [-0.4, -0.2) is 24.4 Å². The first-order valence-electron chi connectivity index (χ1n) is 6.20. The van der Waals surface area contributed by atoms with E-state index in [1.165, 1.54) is 0 Å². The van der Waals surface area contributed by atoms with Crippen molar-refractivity contribution in [2.24, 2.45) is 33.1 Å². The van der Waals surface area contributed by atoms with Gasteiger partial charge in [-0.3, -0.25) is 4.79 Å². The van der Waals surface area contributed by atoms with E-state index >= 15 is 0 Å². The maximum absolute atomic E-state index is 11.9. The molecule has 1 amide bonds. The normalized spacial score (nSPS) is 11.2. The van der Waals surface area contributed by atoms with E-state index < -0.39 is 0 Å². The number of rotatable bonds is 4. The highest BCUT2D eigenvalue weighted by Crippen LogP contribution is 2.14. The Kier molecular flexibility index (Phi) is 5.52. The molecule has 0 bridgehead atoms. The number of hydrogen-bond donors (Lipinski definition) is 4. The summed E-state index contributed by atoms with van der Waals surface area (Å²) in [5.74, 6) is -0.00403. The second-order valence-corrected chi connectivity index (χ2v) is 4.66. The van der Waals surface area contributed by atoms with Crippen LogP contribution in [0.15, 0.2) is 34.3 Å². The summed E-state index contributed by atoms with van der Waals surface area (Å²) in [5.41, 5.74) is 16.9. The highest BCUT2D eigenvalue weighted by molar-refractivity contribution is 5.96. The molecule has 0 heterocycles. The predicted octanol–water partition coefficient (Wildman–Crippen LogP) is 0.292. The summed E-state index contributed by atoms with van der Waals surface area (Å²) in [7, 11) is 0. The van der Waals surface area contributed by atoms with Crippen LogP contribution in [0.2, 0.25) is 0 Å². The smallest absolute Gasteiger partial charge is 0.251 e. The van der Waals surface area contributed by atoms with Crippen molar-refractivity contribution in [1.29, 1.82) is 0 Å². The fraction of sp³-hybridized carbons (Fsp3) is 0.308. The largest absolute Gasteiger partial charge is 0.370 e. The van der Waals surface area contributed by atoms with Crippen molar-refractivity contribution in [1.82, 2.24) is 5.32 Å². The van der Waals surface area contributed by atoms with Gasteiger partial charge in [0.25, 0.3) is 5.91 Å². The lowest BCUT2D eigenvalue weighted by Gasteiger charge is -2.07. The number of nitrogens with two attached hydrogens (primary N) is 3. The second kappa shape index (κ2) is 7.13. The van der Waals surface area contributed by atoms with Crippen molar-refractivity contribution in [3.63, 3.8) is 0 Å². The van der Waals surface area contributed by atoms with Gasteiger partial charge in [0.15, 0.2) is 5.96 Å². The topological polar surface area (TPSA) is 132 Å². The Morgan fingerprint density at radius 2 is 2.00 bits per heavy atom. The van der Waals surface area contributed by atoms with Gasteiger partial charge in [-0.15, -0.1) is 0 Å². The maximum Gasteiger partial charge on any atom is 0.251 e. The van der Waals surface area contributed by atoms with Gasteiger partial charge in [0, 0.05) is 12.1 Å². The minimum Gasteiger partial charge on any atom is -0.370 e. The zero-order valence-corrected chi connectivity index (χ0v) is 11.6. The number of nitrogens with zero attached hydrogens (tertiary/aromatic N) is 2. The summed E-state index contributed by atoms with van der Waals surface area (Å²) < 4.78 is 0. The average Bonchev–Trinajstić information content (AvgIpc) is 2.35. The molecule has 20 heavy (non-hydrogen) atoms. The molecule has 0 unspecified atom stereocenters.